The zero-order valence-corrected chi connectivity index (χ0v) is 18.2. The maximum Gasteiger partial charge on any atom is 0.257 e. The van der Waals surface area contributed by atoms with Gasteiger partial charge < -0.3 is 20.4 Å². The molecule has 1 aliphatic heterocycles. The summed E-state index contributed by atoms with van der Waals surface area (Å²) in [6.45, 7) is 9.31. The number of anilines is 2. The Bertz CT molecular complexity index is 886. The number of nitrogens with one attached hydrogen (secondary N) is 2. The summed E-state index contributed by atoms with van der Waals surface area (Å²) in [6.07, 6.45) is 1.63. The fourth-order valence-electron chi connectivity index (χ4n) is 3.27. The van der Waals surface area contributed by atoms with E-state index in [-0.39, 0.29) is 11.8 Å². The second-order valence-corrected chi connectivity index (χ2v) is 8.68. The summed E-state index contributed by atoms with van der Waals surface area (Å²) in [5.41, 5.74) is 1.56. The molecule has 2 heterocycles. The van der Waals surface area contributed by atoms with Gasteiger partial charge in [-0.25, -0.2) is 4.98 Å². The summed E-state index contributed by atoms with van der Waals surface area (Å²) >= 11 is 0. The van der Waals surface area contributed by atoms with E-state index in [1.54, 1.807) is 24.2 Å². The SMILES string of the molecule is CN(Cc1ccccc1)C(=O)c1cc(NC(=O)C(C)(C)C)cnc1N1CCNCC1. The Morgan fingerprint density at radius 2 is 1.83 bits per heavy atom. The number of piperazine rings is 1. The van der Waals surface area contributed by atoms with Gasteiger partial charge >= 0.3 is 0 Å². The van der Waals surface area contributed by atoms with Crippen molar-refractivity contribution < 1.29 is 9.59 Å². The molecule has 0 radical (unpaired) electrons. The monoisotopic (exact) mass is 409 g/mol. The number of nitrogens with zero attached hydrogens (tertiary/aromatic N) is 3. The lowest BCUT2D eigenvalue weighted by molar-refractivity contribution is -0.123. The molecule has 0 aliphatic carbocycles. The van der Waals surface area contributed by atoms with Crippen LogP contribution in [0.1, 0.15) is 36.7 Å². The van der Waals surface area contributed by atoms with Crippen molar-refractivity contribution in [2.75, 3.05) is 43.4 Å². The van der Waals surface area contributed by atoms with E-state index in [0.29, 0.717) is 23.6 Å². The first-order chi connectivity index (χ1) is 14.3. The van der Waals surface area contributed by atoms with Crippen LogP contribution >= 0.6 is 0 Å². The van der Waals surface area contributed by atoms with E-state index in [9.17, 15) is 9.59 Å². The van der Waals surface area contributed by atoms with Crippen molar-refractivity contribution in [3.63, 3.8) is 0 Å². The van der Waals surface area contributed by atoms with E-state index < -0.39 is 5.41 Å². The van der Waals surface area contributed by atoms with Gasteiger partial charge in [0.15, 0.2) is 0 Å². The quantitative estimate of drug-likeness (QED) is 0.794. The highest BCUT2D eigenvalue weighted by atomic mass is 16.2. The Morgan fingerprint density at radius 1 is 1.17 bits per heavy atom. The highest BCUT2D eigenvalue weighted by molar-refractivity contribution is 6.01. The van der Waals surface area contributed by atoms with Gasteiger partial charge in [0.05, 0.1) is 17.4 Å². The topological polar surface area (TPSA) is 77.6 Å². The summed E-state index contributed by atoms with van der Waals surface area (Å²) in [4.78, 5) is 34.2. The molecule has 1 saturated heterocycles. The van der Waals surface area contributed by atoms with Gasteiger partial charge in [-0.3, -0.25) is 9.59 Å². The number of hydrogen-bond donors (Lipinski definition) is 2. The standard InChI is InChI=1S/C23H31N5O2/c1-23(2,3)22(30)26-18-14-19(20(25-15-18)28-12-10-24-11-13-28)21(29)27(4)16-17-8-6-5-7-9-17/h5-9,14-15,24H,10-13,16H2,1-4H3,(H,26,30). The lowest BCUT2D eigenvalue weighted by Gasteiger charge is -2.31. The van der Waals surface area contributed by atoms with Crippen molar-refractivity contribution in [1.29, 1.82) is 0 Å². The van der Waals surface area contributed by atoms with Crippen LogP contribution in [-0.4, -0.2) is 54.9 Å². The van der Waals surface area contributed by atoms with Crippen molar-refractivity contribution in [3.05, 3.63) is 53.7 Å². The first-order valence-electron chi connectivity index (χ1n) is 10.3. The van der Waals surface area contributed by atoms with Gasteiger partial charge in [0.1, 0.15) is 5.82 Å². The first kappa shape index (κ1) is 21.8. The number of carbonyl (C=O) groups excluding carboxylic acids is 2. The molecule has 0 saturated carbocycles. The number of rotatable bonds is 5. The van der Waals surface area contributed by atoms with Gasteiger partial charge in [-0.1, -0.05) is 51.1 Å². The number of carbonyl (C=O) groups is 2. The fourth-order valence-corrected chi connectivity index (χ4v) is 3.27. The molecule has 0 unspecified atom stereocenters. The highest BCUT2D eigenvalue weighted by Gasteiger charge is 2.25. The van der Waals surface area contributed by atoms with E-state index in [1.165, 1.54) is 0 Å². The van der Waals surface area contributed by atoms with E-state index in [4.69, 9.17) is 0 Å². The van der Waals surface area contributed by atoms with Crippen LogP contribution in [0.2, 0.25) is 0 Å². The third-order valence-corrected chi connectivity index (χ3v) is 5.06. The van der Waals surface area contributed by atoms with E-state index >= 15 is 0 Å². The van der Waals surface area contributed by atoms with Crippen molar-refractivity contribution in [3.8, 4) is 0 Å². The maximum absolute atomic E-state index is 13.4. The maximum atomic E-state index is 13.4. The molecule has 0 bridgehead atoms. The number of hydrogen-bond acceptors (Lipinski definition) is 5. The second-order valence-electron chi connectivity index (χ2n) is 8.68. The number of pyridine rings is 1. The van der Waals surface area contributed by atoms with E-state index in [1.807, 2.05) is 51.1 Å². The number of benzene rings is 1. The van der Waals surface area contributed by atoms with E-state index in [0.717, 1.165) is 31.7 Å². The minimum atomic E-state index is -0.536. The minimum Gasteiger partial charge on any atom is -0.353 e. The Hall–Kier alpha value is -2.93. The third-order valence-electron chi connectivity index (χ3n) is 5.06. The van der Waals surface area contributed by atoms with Crippen molar-refractivity contribution >= 4 is 23.3 Å². The predicted octanol–water partition coefficient (Wildman–Crippen LogP) is 2.75. The Kier molecular flexibility index (Phi) is 6.72. The second kappa shape index (κ2) is 9.26. The van der Waals surface area contributed by atoms with Crippen LogP contribution in [0, 0.1) is 5.41 Å². The van der Waals surface area contributed by atoms with Gasteiger partial charge in [-0.05, 0) is 11.6 Å². The summed E-state index contributed by atoms with van der Waals surface area (Å²) in [7, 11) is 1.79. The van der Waals surface area contributed by atoms with Gasteiger partial charge in [0.2, 0.25) is 5.91 Å². The molecule has 1 fully saturated rings. The zero-order valence-electron chi connectivity index (χ0n) is 18.2. The summed E-state index contributed by atoms with van der Waals surface area (Å²) in [6, 6.07) is 11.6. The molecule has 0 atom stereocenters. The van der Waals surface area contributed by atoms with Gasteiger partial charge in [0, 0.05) is 45.2 Å². The van der Waals surface area contributed by atoms with Crippen molar-refractivity contribution in [1.82, 2.24) is 15.2 Å². The molecule has 2 N–H and O–H groups in total. The van der Waals surface area contributed by atoms with Crippen molar-refractivity contribution in [2.45, 2.75) is 27.3 Å². The largest absolute Gasteiger partial charge is 0.353 e. The number of amides is 2. The summed E-state index contributed by atoms with van der Waals surface area (Å²) < 4.78 is 0. The van der Waals surface area contributed by atoms with Crippen LogP contribution in [0.25, 0.3) is 0 Å². The molecular weight excluding hydrogens is 378 g/mol. The highest BCUT2D eigenvalue weighted by Crippen LogP contribution is 2.25. The number of aromatic nitrogens is 1. The molecule has 7 nitrogen and oxygen atoms in total. The molecule has 1 aromatic heterocycles. The summed E-state index contributed by atoms with van der Waals surface area (Å²) in [5, 5.41) is 6.21. The minimum absolute atomic E-state index is 0.115. The molecule has 0 spiro atoms. The lowest BCUT2D eigenvalue weighted by Crippen LogP contribution is -2.44. The van der Waals surface area contributed by atoms with E-state index in [2.05, 4.69) is 20.5 Å². The lowest BCUT2D eigenvalue weighted by atomic mass is 9.95. The van der Waals surface area contributed by atoms with Crippen molar-refractivity contribution in [2.24, 2.45) is 5.41 Å². The van der Waals surface area contributed by atoms with Crippen LogP contribution in [-0.2, 0) is 11.3 Å². The molecular formula is C23H31N5O2. The van der Waals surface area contributed by atoms with Gasteiger partial charge in [-0.2, -0.15) is 0 Å². The normalized spacial score (nSPS) is 14.3. The fraction of sp³-hybridized carbons (Fsp3) is 0.435. The molecule has 1 aliphatic rings. The van der Waals surface area contributed by atoms with Crippen LogP contribution < -0.4 is 15.5 Å². The molecule has 30 heavy (non-hydrogen) atoms. The molecule has 2 amide bonds. The zero-order chi connectivity index (χ0) is 21.7. The molecule has 2 aromatic rings. The average Bonchev–Trinajstić information content (AvgIpc) is 2.74. The molecule has 7 heteroatoms. The predicted molar refractivity (Wildman–Crippen MR) is 120 cm³/mol. The van der Waals surface area contributed by atoms with Crippen LogP contribution in [0.3, 0.4) is 0 Å². The Morgan fingerprint density at radius 3 is 2.47 bits per heavy atom. The summed E-state index contributed by atoms with van der Waals surface area (Å²) in [5.74, 6) is 0.428. The molecule has 160 valence electrons. The van der Waals surface area contributed by atoms with Crippen LogP contribution in [0.15, 0.2) is 42.6 Å². The third kappa shape index (κ3) is 5.36. The van der Waals surface area contributed by atoms with Gasteiger partial charge in [-0.15, -0.1) is 0 Å². The molecule has 1 aromatic carbocycles. The van der Waals surface area contributed by atoms with Gasteiger partial charge in [0.25, 0.3) is 5.91 Å². The van der Waals surface area contributed by atoms with Crippen LogP contribution in [0.5, 0.6) is 0 Å². The first-order valence-corrected chi connectivity index (χ1v) is 10.3. The smallest absolute Gasteiger partial charge is 0.257 e. The Balaban J connectivity index is 1.90. The average molecular weight is 410 g/mol. The van der Waals surface area contributed by atoms with Crippen LogP contribution in [0.4, 0.5) is 11.5 Å². The Labute approximate surface area is 178 Å². The molecule has 3 rings (SSSR count).